The lowest BCUT2D eigenvalue weighted by Crippen LogP contribution is -2.34. The second-order valence-corrected chi connectivity index (χ2v) is 4.33. The SMILES string of the molecule is CNc1ncc(F)cc1C(=O)N(C)CCN(C)C. The van der Waals surface area contributed by atoms with Gasteiger partial charge in [-0.1, -0.05) is 0 Å². The van der Waals surface area contributed by atoms with Crippen molar-refractivity contribution in [2.24, 2.45) is 0 Å². The summed E-state index contributed by atoms with van der Waals surface area (Å²) in [5.41, 5.74) is 0.249. The van der Waals surface area contributed by atoms with E-state index in [9.17, 15) is 9.18 Å². The lowest BCUT2D eigenvalue weighted by molar-refractivity contribution is 0.0786. The Hall–Kier alpha value is -1.69. The van der Waals surface area contributed by atoms with Crippen molar-refractivity contribution in [3.05, 3.63) is 23.6 Å². The molecule has 0 saturated carbocycles. The zero-order valence-electron chi connectivity index (χ0n) is 11.2. The van der Waals surface area contributed by atoms with E-state index >= 15 is 0 Å². The first-order chi connectivity index (χ1) is 8.45. The summed E-state index contributed by atoms with van der Waals surface area (Å²) >= 11 is 0. The first kappa shape index (κ1) is 14.4. The Balaban J connectivity index is 2.85. The van der Waals surface area contributed by atoms with Crippen LogP contribution in [0.3, 0.4) is 0 Å². The summed E-state index contributed by atoms with van der Waals surface area (Å²) in [6.07, 6.45) is 1.09. The Morgan fingerprint density at radius 1 is 1.39 bits per heavy atom. The highest BCUT2D eigenvalue weighted by molar-refractivity contribution is 5.98. The quantitative estimate of drug-likeness (QED) is 0.848. The maximum absolute atomic E-state index is 13.2. The van der Waals surface area contributed by atoms with Crippen LogP contribution in [0.15, 0.2) is 12.3 Å². The zero-order chi connectivity index (χ0) is 13.7. The molecule has 0 aromatic carbocycles. The number of amides is 1. The Kier molecular flexibility index (Phi) is 5.03. The van der Waals surface area contributed by atoms with Crippen LogP contribution in [-0.4, -0.2) is 62.0 Å². The van der Waals surface area contributed by atoms with Crippen LogP contribution >= 0.6 is 0 Å². The Bertz CT molecular complexity index is 423. The number of hydrogen-bond donors (Lipinski definition) is 1. The largest absolute Gasteiger partial charge is 0.372 e. The van der Waals surface area contributed by atoms with E-state index in [-0.39, 0.29) is 11.5 Å². The van der Waals surface area contributed by atoms with Crippen LogP contribution in [0.2, 0.25) is 0 Å². The van der Waals surface area contributed by atoms with E-state index in [0.717, 1.165) is 12.7 Å². The maximum Gasteiger partial charge on any atom is 0.257 e. The van der Waals surface area contributed by atoms with E-state index in [1.807, 2.05) is 19.0 Å². The first-order valence-electron chi connectivity index (χ1n) is 5.69. The predicted molar refractivity (Wildman–Crippen MR) is 69.3 cm³/mol. The average Bonchev–Trinajstić information content (AvgIpc) is 2.34. The summed E-state index contributed by atoms with van der Waals surface area (Å²) < 4.78 is 13.2. The molecule has 1 rings (SSSR count). The lowest BCUT2D eigenvalue weighted by Gasteiger charge is -2.20. The summed E-state index contributed by atoms with van der Waals surface area (Å²) in [7, 11) is 7.20. The normalized spacial score (nSPS) is 10.6. The van der Waals surface area contributed by atoms with Gasteiger partial charge in [0.2, 0.25) is 0 Å². The third-order valence-electron chi connectivity index (χ3n) is 2.55. The second-order valence-electron chi connectivity index (χ2n) is 4.33. The smallest absolute Gasteiger partial charge is 0.257 e. The summed E-state index contributed by atoms with van der Waals surface area (Å²) in [6.45, 7) is 1.32. The Morgan fingerprint density at radius 2 is 2.06 bits per heavy atom. The molecule has 0 atom stereocenters. The molecule has 0 aliphatic carbocycles. The van der Waals surface area contributed by atoms with Crippen molar-refractivity contribution >= 4 is 11.7 Å². The van der Waals surface area contributed by atoms with E-state index in [1.165, 1.54) is 6.07 Å². The van der Waals surface area contributed by atoms with Gasteiger partial charge in [-0.05, 0) is 20.2 Å². The molecule has 18 heavy (non-hydrogen) atoms. The molecule has 0 unspecified atom stereocenters. The van der Waals surface area contributed by atoms with Gasteiger partial charge in [-0.25, -0.2) is 9.37 Å². The molecule has 1 heterocycles. The molecular weight excluding hydrogens is 235 g/mol. The highest BCUT2D eigenvalue weighted by Crippen LogP contribution is 2.14. The van der Waals surface area contributed by atoms with Crippen molar-refractivity contribution in [2.75, 3.05) is 46.6 Å². The summed E-state index contributed by atoms with van der Waals surface area (Å²) in [4.78, 5) is 19.5. The molecule has 1 N–H and O–H groups in total. The van der Waals surface area contributed by atoms with E-state index < -0.39 is 5.82 Å². The van der Waals surface area contributed by atoms with Gasteiger partial charge < -0.3 is 15.1 Å². The van der Waals surface area contributed by atoms with Crippen LogP contribution < -0.4 is 5.32 Å². The highest BCUT2D eigenvalue weighted by Gasteiger charge is 2.17. The van der Waals surface area contributed by atoms with Crippen molar-refractivity contribution in [1.82, 2.24) is 14.8 Å². The van der Waals surface area contributed by atoms with Crippen LogP contribution in [0.1, 0.15) is 10.4 Å². The summed E-state index contributed by atoms with van der Waals surface area (Å²) in [5.74, 6) is -0.371. The Labute approximate surface area is 107 Å². The molecule has 5 nitrogen and oxygen atoms in total. The van der Waals surface area contributed by atoms with E-state index in [0.29, 0.717) is 12.4 Å². The molecule has 0 spiro atoms. The minimum Gasteiger partial charge on any atom is -0.372 e. The minimum atomic E-state index is -0.515. The second kappa shape index (κ2) is 6.30. The molecule has 6 heteroatoms. The fourth-order valence-electron chi connectivity index (χ4n) is 1.46. The average molecular weight is 254 g/mol. The van der Waals surface area contributed by atoms with Crippen molar-refractivity contribution in [2.45, 2.75) is 0 Å². The van der Waals surface area contributed by atoms with Crippen LogP contribution in [0.5, 0.6) is 0 Å². The standard InChI is InChI=1S/C12H19FN4O/c1-14-11-10(7-9(13)8-15-11)12(18)17(4)6-5-16(2)3/h7-8H,5-6H2,1-4H3,(H,14,15). The minimum absolute atomic E-state index is 0.242. The van der Waals surface area contributed by atoms with E-state index in [4.69, 9.17) is 0 Å². The van der Waals surface area contributed by atoms with Crippen molar-refractivity contribution in [3.63, 3.8) is 0 Å². The van der Waals surface area contributed by atoms with Gasteiger partial charge in [-0.3, -0.25) is 4.79 Å². The van der Waals surface area contributed by atoms with Gasteiger partial charge in [-0.15, -0.1) is 0 Å². The van der Waals surface area contributed by atoms with Gasteiger partial charge in [0.15, 0.2) is 0 Å². The topological polar surface area (TPSA) is 48.5 Å². The number of carbonyl (C=O) groups is 1. The van der Waals surface area contributed by atoms with Crippen LogP contribution in [0.4, 0.5) is 10.2 Å². The van der Waals surface area contributed by atoms with Gasteiger partial charge in [0.1, 0.15) is 11.6 Å². The maximum atomic E-state index is 13.2. The number of nitrogens with zero attached hydrogens (tertiary/aromatic N) is 3. The molecule has 0 aliphatic rings. The third-order valence-corrected chi connectivity index (χ3v) is 2.55. The number of rotatable bonds is 5. The van der Waals surface area contributed by atoms with Crippen LogP contribution in [0.25, 0.3) is 0 Å². The number of halogens is 1. The summed E-state index contributed by atoms with van der Waals surface area (Å²) in [5, 5.41) is 2.79. The Morgan fingerprint density at radius 3 is 2.61 bits per heavy atom. The highest BCUT2D eigenvalue weighted by atomic mass is 19.1. The van der Waals surface area contributed by atoms with Crippen molar-refractivity contribution in [3.8, 4) is 0 Å². The molecule has 1 aromatic heterocycles. The number of hydrogen-bond acceptors (Lipinski definition) is 4. The predicted octanol–water partition coefficient (Wildman–Crippen LogP) is 0.896. The molecule has 0 aliphatic heterocycles. The lowest BCUT2D eigenvalue weighted by atomic mass is 10.2. The molecule has 1 amide bonds. The first-order valence-corrected chi connectivity index (χ1v) is 5.69. The van der Waals surface area contributed by atoms with Gasteiger partial charge in [0, 0.05) is 27.2 Å². The zero-order valence-corrected chi connectivity index (χ0v) is 11.2. The fraction of sp³-hybridized carbons (Fsp3) is 0.500. The molecule has 100 valence electrons. The van der Waals surface area contributed by atoms with Crippen LogP contribution in [0, 0.1) is 5.82 Å². The van der Waals surface area contributed by atoms with Gasteiger partial charge >= 0.3 is 0 Å². The van der Waals surface area contributed by atoms with Crippen molar-refractivity contribution < 1.29 is 9.18 Å². The van der Waals surface area contributed by atoms with E-state index in [2.05, 4.69) is 10.3 Å². The van der Waals surface area contributed by atoms with Gasteiger partial charge in [0.25, 0.3) is 5.91 Å². The third kappa shape index (κ3) is 3.66. The number of likely N-dealkylation sites (N-methyl/N-ethyl adjacent to an activating group) is 2. The van der Waals surface area contributed by atoms with Crippen LogP contribution in [-0.2, 0) is 0 Å². The van der Waals surface area contributed by atoms with Crippen molar-refractivity contribution in [1.29, 1.82) is 0 Å². The summed E-state index contributed by atoms with van der Waals surface area (Å²) in [6, 6.07) is 1.20. The molecule has 0 bridgehead atoms. The molecule has 0 radical (unpaired) electrons. The number of aromatic nitrogens is 1. The van der Waals surface area contributed by atoms with Gasteiger partial charge in [-0.2, -0.15) is 0 Å². The fourth-order valence-corrected chi connectivity index (χ4v) is 1.46. The van der Waals surface area contributed by atoms with Gasteiger partial charge in [0.05, 0.1) is 11.8 Å². The number of anilines is 1. The molecule has 0 saturated heterocycles. The number of carbonyl (C=O) groups excluding carboxylic acids is 1. The van der Waals surface area contributed by atoms with E-state index in [1.54, 1.807) is 19.0 Å². The molecule has 1 aromatic rings. The molecule has 0 fully saturated rings. The number of nitrogens with one attached hydrogen (secondary N) is 1. The molecular formula is C12H19FN4O. The number of pyridine rings is 1. The monoisotopic (exact) mass is 254 g/mol.